The van der Waals surface area contributed by atoms with Gasteiger partial charge in [0.05, 0.1) is 12.3 Å². The number of ether oxygens (including phenoxy) is 1. The molecule has 0 amide bonds. The molecule has 0 spiro atoms. The second-order valence-electron chi connectivity index (χ2n) is 5.69. The number of benzene rings is 1. The first-order valence-electron chi connectivity index (χ1n) is 7.08. The Balaban J connectivity index is 2.18. The van der Waals surface area contributed by atoms with E-state index < -0.39 is 0 Å². The van der Waals surface area contributed by atoms with Crippen molar-refractivity contribution in [2.75, 3.05) is 17.2 Å². The first kappa shape index (κ1) is 15.1. The van der Waals surface area contributed by atoms with Crippen LogP contribution in [0.1, 0.15) is 27.7 Å². The van der Waals surface area contributed by atoms with Gasteiger partial charge in [0.2, 0.25) is 5.95 Å². The van der Waals surface area contributed by atoms with Crippen LogP contribution in [0.25, 0.3) is 0 Å². The maximum absolute atomic E-state index is 5.59. The average Bonchev–Trinajstić information content (AvgIpc) is 2.40. The topological polar surface area (TPSA) is 59.1 Å². The Morgan fingerprint density at radius 3 is 2.62 bits per heavy atom. The lowest BCUT2D eigenvalue weighted by atomic mass is 10.1. The molecule has 0 fully saturated rings. The van der Waals surface area contributed by atoms with Crippen LogP contribution in [0.3, 0.4) is 0 Å². The molecule has 0 unspecified atom stereocenters. The van der Waals surface area contributed by atoms with Crippen molar-refractivity contribution in [2.24, 2.45) is 0 Å². The van der Waals surface area contributed by atoms with Gasteiger partial charge in [-0.25, -0.2) is 4.98 Å². The van der Waals surface area contributed by atoms with E-state index in [4.69, 9.17) is 4.74 Å². The molecular formula is C16H22N4O. The van der Waals surface area contributed by atoms with Gasteiger partial charge in [-0.2, -0.15) is 4.98 Å². The summed E-state index contributed by atoms with van der Waals surface area (Å²) >= 11 is 0. The predicted molar refractivity (Wildman–Crippen MR) is 86.3 cm³/mol. The highest BCUT2D eigenvalue weighted by Gasteiger charge is 2.11. The van der Waals surface area contributed by atoms with E-state index in [9.17, 15) is 0 Å². The van der Waals surface area contributed by atoms with Crippen LogP contribution in [0.4, 0.5) is 17.5 Å². The number of hydrogen-bond donors (Lipinski definition) is 2. The highest BCUT2D eigenvalue weighted by Crippen LogP contribution is 2.26. The fourth-order valence-electron chi connectivity index (χ4n) is 1.84. The lowest BCUT2D eigenvalue weighted by Gasteiger charge is -2.21. The number of aromatic nitrogens is 2. The van der Waals surface area contributed by atoms with Gasteiger partial charge in [0.15, 0.2) is 0 Å². The van der Waals surface area contributed by atoms with Gasteiger partial charge < -0.3 is 15.4 Å². The van der Waals surface area contributed by atoms with Gasteiger partial charge >= 0.3 is 0 Å². The van der Waals surface area contributed by atoms with Crippen LogP contribution < -0.4 is 15.4 Å². The van der Waals surface area contributed by atoms with E-state index in [2.05, 4.69) is 41.4 Å². The van der Waals surface area contributed by atoms with Gasteiger partial charge in [-0.15, -0.1) is 0 Å². The highest BCUT2D eigenvalue weighted by atomic mass is 16.5. The third-order valence-corrected chi connectivity index (χ3v) is 2.59. The normalized spacial score (nSPS) is 11.0. The minimum atomic E-state index is -0.0468. The zero-order valence-corrected chi connectivity index (χ0v) is 13.0. The SMILES string of the molecule is CCOc1ccccc1Nc1nccc(NC(C)(C)C)n1. The molecular weight excluding hydrogens is 264 g/mol. The van der Waals surface area contributed by atoms with E-state index in [0.29, 0.717) is 12.6 Å². The molecule has 112 valence electrons. The van der Waals surface area contributed by atoms with Gasteiger partial charge in [-0.1, -0.05) is 12.1 Å². The molecule has 0 bridgehead atoms. The fraction of sp³-hybridized carbons (Fsp3) is 0.375. The van der Waals surface area contributed by atoms with Crippen molar-refractivity contribution in [1.82, 2.24) is 9.97 Å². The zero-order chi connectivity index (χ0) is 15.3. The Kier molecular flexibility index (Phi) is 4.62. The molecule has 5 heteroatoms. The molecule has 0 aliphatic carbocycles. The summed E-state index contributed by atoms with van der Waals surface area (Å²) in [5.74, 6) is 2.11. The third kappa shape index (κ3) is 4.63. The van der Waals surface area contributed by atoms with Gasteiger partial charge in [0, 0.05) is 11.7 Å². The van der Waals surface area contributed by atoms with Gasteiger partial charge in [0.25, 0.3) is 0 Å². The second-order valence-corrected chi connectivity index (χ2v) is 5.69. The number of para-hydroxylation sites is 2. The summed E-state index contributed by atoms with van der Waals surface area (Å²) in [6.07, 6.45) is 1.73. The van der Waals surface area contributed by atoms with E-state index in [-0.39, 0.29) is 5.54 Å². The van der Waals surface area contributed by atoms with E-state index in [0.717, 1.165) is 17.3 Å². The highest BCUT2D eigenvalue weighted by molar-refractivity contribution is 5.63. The van der Waals surface area contributed by atoms with Crippen molar-refractivity contribution in [1.29, 1.82) is 0 Å². The molecule has 2 aromatic rings. The van der Waals surface area contributed by atoms with Crippen LogP contribution in [-0.2, 0) is 0 Å². The van der Waals surface area contributed by atoms with E-state index in [1.54, 1.807) is 6.20 Å². The van der Waals surface area contributed by atoms with E-state index in [1.807, 2.05) is 37.3 Å². The number of nitrogens with one attached hydrogen (secondary N) is 2. The molecule has 0 aliphatic heterocycles. The summed E-state index contributed by atoms with van der Waals surface area (Å²) in [6, 6.07) is 9.60. The smallest absolute Gasteiger partial charge is 0.229 e. The Labute approximate surface area is 125 Å². The molecule has 1 heterocycles. The summed E-state index contributed by atoms with van der Waals surface area (Å²) in [4.78, 5) is 8.71. The van der Waals surface area contributed by atoms with Crippen LogP contribution in [0.2, 0.25) is 0 Å². The third-order valence-electron chi connectivity index (χ3n) is 2.59. The van der Waals surface area contributed by atoms with Gasteiger partial charge in [0.1, 0.15) is 11.6 Å². The van der Waals surface area contributed by atoms with Crippen molar-refractivity contribution >= 4 is 17.5 Å². The zero-order valence-electron chi connectivity index (χ0n) is 13.0. The van der Waals surface area contributed by atoms with Crippen LogP contribution in [-0.4, -0.2) is 22.1 Å². The molecule has 0 atom stereocenters. The molecule has 5 nitrogen and oxygen atoms in total. The average molecular weight is 286 g/mol. The molecule has 0 radical (unpaired) electrons. The Morgan fingerprint density at radius 2 is 1.90 bits per heavy atom. The molecule has 2 rings (SSSR count). The minimum Gasteiger partial charge on any atom is -0.492 e. The van der Waals surface area contributed by atoms with E-state index in [1.165, 1.54) is 0 Å². The molecule has 2 N–H and O–H groups in total. The lowest BCUT2D eigenvalue weighted by Crippen LogP contribution is -2.26. The maximum Gasteiger partial charge on any atom is 0.229 e. The first-order valence-corrected chi connectivity index (χ1v) is 7.08. The summed E-state index contributed by atoms with van der Waals surface area (Å²) < 4.78 is 5.59. The minimum absolute atomic E-state index is 0.0468. The summed E-state index contributed by atoms with van der Waals surface area (Å²) in [5, 5.41) is 6.52. The molecule has 1 aromatic carbocycles. The van der Waals surface area contributed by atoms with Crippen molar-refractivity contribution in [3.63, 3.8) is 0 Å². The molecule has 0 saturated heterocycles. The lowest BCUT2D eigenvalue weighted by molar-refractivity contribution is 0.342. The molecule has 0 aliphatic rings. The number of hydrogen-bond acceptors (Lipinski definition) is 5. The summed E-state index contributed by atoms with van der Waals surface area (Å²) in [5.41, 5.74) is 0.807. The Bertz CT molecular complexity index is 593. The second kappa shape index (κ2) is 6.43. The monoisotopic (exact) mass is 286 g/mol. The first-order chi connectivity index (χ1) is 9.98. The molecule has 0 saturated carbocycles. The Morgan fingerprint density at radius 1 is 1.14 bits per heavy atom. The van der Waals surface area contributed by atoms with Crippen LogP contribution in [0.5, 0.6) is 5.75 Å². The van der Waals surface area contributed by atoms with Gasteiger partial charge in [-0.05, 0) is 45.9 Å². The summed E-state index contributed by atoms with van der Waals surface area (Å²) in [7, 11) is 0. The number of rotatable bonds is 5. The summed E-state index contributed by atoms with van der Waals surface area (Å²) in [6.45, 7) is 8.85. The largest absolute Gasteiger partial charge is 0.492 e. The Hall–Kier alpha value is -2.30. The quantitative estimate of drug-likeness (QED) is 0.874. The van der Waals surface area contributed by atoms with Crippen LogP contribution in [0, 0.1) is 0 Å². The maximum atomic E-state index is 5.59. The number of anilines is 3. The van der Waals surface area contributed by atoms with Crippen molar-refractivity contribution < 1.29 is 4.74 Å². The standard InChI is InChI=1S/C16H22N4O/c1-5-21-13-9-7-6-8-12(13)18-15-17-11-10-14(19-15)20-16(2,3)4/h6-11H,5H2,1-4H3,(H2,17,18,19,20). The van der Waals surface area contributed by atoms with Crippen LogP contribution >= 0.6 is 0 Å². The van der Waals surface area contributed by atoms with Crippen LogP contribution in [0.15, 0.2) is 36.5 Å². The van der Waals surface area contributed by atoms with E-state index >= 15 is 0 Å². The van der Waals surface area contributed by atoms with Crippen molar-refractivity contribution in [3.8, 4) is 5.75 Å². The number of nitrogens with zero attached hydrogens (tertiary/aromatic N) is 2. The molecule has 1 aromatic heterocycles. The fourth-order valence-corrected chi connectivity index (χ4v) is 1.84. The van der Waals surface area contributed by atoms with Crippen molar-refractivity contribution in [2.45, 2.75) is 33.2 Å². The predicted octanol–water partition coefficient (Wildman–Crippen LogP) is 3.83. The molecule has 21 heavy (non-hydrogen) atoms. The van der Waals surface area contributed by atoms with Gasteiger partial charge in [-0.3, -0.25) is 0 Å². The van der Waals surface area contributed by atoms with Crippen molar-refractivity contribution in [3.05, 3.63) is 36.5 Å².